The molecule has 0 heterocycles. The predicted octanol–water partition coefficient (Wildman–Crippen LogP) is 3.31. The lowest BCUT2D eigenvalue weighted by molar-refractivity contribution is 1.11. The topological polar surface area (TPSA) is 52.0 Å². The number of hydrogen-bond acceptors (Lipinski definition) is 2. The van der Waals surface area contributed by atoms with Crippen molar-refractivity contribution < 1.29 is 0 Å². The van der Waals surface area contributed by atoms with Crippen LogP contribution in [0.3, 0.4) is 0 Å². The highest BCUT2D eigenvalue weighted by molar-refractivity contribution is 5.51. The number of aryl methyl sites for hydroxylation is 2. The summed E-state index contributed by atoms with van der Waals surface area (Å²) in [6.07, 6.45) is 1.90. The summed E-state index contributed by atoms with van der Waals surface area (Å²) in [5.41, 5.74) is 18.4. The van der Waals surface area contributed by atoms with E-state index in [0.717, 1.165) is 29.8 Å². The average molecular weight is 240 g/mol. The summed E-state index contributed by atoms with van der Waals surface area (Å²) in [7, 11) is 0. The molecule has 2 aromatic carbocycles. The fraction of sp³-hybridized carbons (Fsp3) is 0.250. The molecule has 0 saturated carbocycles. The van der Waals surface area contributed by atoms with Gasteiger partial charge in [0.2, 0.25) is 0 Å². The molecular weight excluding hydrogens is 220 g/mol. The van der Waals surface area contributed by atoms with E-state index in [-0.39, 0.29) is 0 Å². The van der Waals surface area contributed by atoms with Crippen LogP contribution in [0, 0.1) is 6.92 Å². The van der Waals surface area contributed by atoms with Crippen molar-refractivity contribution in [2.75, 3.05) is 11.5 Å². The van der Waals surface area contributed by atoms with Crippen molar-refractivity contribution in [1.82, 2.24) is 0 Å². The maximum atomic E-state index is 5.92. The van der Waals surface area contributed by atoms with E-state index in [1.807, 2.05) is 19.1 Å². The lowest BCUT2D eigenvalue weighted by Crippen LogP contribution is -1.97. The van der Waals surface area contributed by atoms with Gasteiger partial charge in [-0.3, -0.25) is 0 Å². The Morgan fingerprint density at radius 3 is 2.11 bits per heavy atom. The molecule has 0 aromatic heterocycles. The van der Waals surface area contributed by atoms with Gasteiger partial charge in [-0.15, -0.1) is 0 Å². The summed E-state index contributed by atoms with van der Waals surface area (Å²) >= 11 is 0. The first-order chi connectivity index (χ1) is 8.60. The van der Waals surface area contributed by atoms with Gasteiger partial charge < -0.3 is 11.5 Å². The standard InChI is InChI=1S/C16H20N2/c1-3-14-10-13(5-7-16(14)18)9-12-4-6-15(17)11(2)8-12/h4-8,10H,3,9,17-18H2,1-2H3. The molecule has 0 radical (unpaired) electrons. The van der Waals surface area contributed by atoms with Crippen LogP contribution in [0.5, 0.6) is 0 Å². The van der Waals surface area contributed by atoms with Gasteiger partial charge in [0.1, 0.15) is 0 Å². The Morgan fingerprint density at radius 2 is 1.50 bits per heavy atom. The zero-order chi connectivity index (χ0) is 13.1. The van der Waals surface area contributed by atoms with Crippen LogP contribution in [0.25, 0.3) is 0 Å². The maximum Gasteiger partial charge on any atom is 0.0346 e. The molecule has 2 nitrogen and oxygen atoms in total. The van der Waals surface area contributed by atoms with E-state index in [0.29, 0.717) is 0 Å². The van der Waals surface area contributed by atoms with Crippen LogP contribution in [0.4, 0.5) is 11.4 Å². The van der Waals surface area contributed by atoms with Crippen LogP contribution in [0.1, 0.15) is 29.2 Å². The highest BCUT2D eigenvalue weighted by atomic mass is 14.6. The Bertz CT molecular complexity index is 559. The molecule has 2 rings (SSSR count). The Balaban J connectivity index is 2.25. The molecule has 0 spiro atoms. The molecule has 0 aliphatic rings. The van der Waals surface area contributed by atoms with Crippen molar-refractivity contribution >= 4 is 11.4 Å². The Morgan fingerprint density at radius 1 is 0.889 bits per heavy atom. The second-order valence-electron chi connectivity index (χ2n) is 4.75. The van der Waals surface area contributed by atoms with Crippen LogP contribution in [0.15, 0.2) is 36.4 Å². The molecule has 0 saturated heterocycles. The van der Waals surface area contributed by atoms with Crippen LogP contribution in [-0.2, 0) is 12.8 Å². The average Bonchev–Trinajstić information content (AvgIpc) is 2.36. The number of nitrogen functional groups attached to an aromatic ring is 2. The number of benzene rings is 2. The lowest BCUT2D eigenvalue weighted by atomic mass is 9.99. The van der Waals surface area contributed by atoms with E-state index in [1.165, 1.54) is 16.7 Å². The Kier molecular flexibility index (Phi) is 3.56. The molecule has 0 fully saturated rings. The SMILES string of the molecule is CCc1cc(Cc2ccc(N)c(C)c2)ccc1N. The number of nitrogens with two attached hydrogens (primary N) is 2. The van der Waals surface area contributed by atoms with Gasteiger partial charge in [-0.25, -0.2) is 0 Å². The minimum Gasteiger partial charge on any atom is -0.399 e. The molecule has 94 valence electrons. The molecule has 2 heteroatoms. The summed E-state index contributed by atoms with van der Waals surface area (Å²) in [4.78, 5) is 0. The lowest BCUT2D eigenvalue weighted by Gasteiger charge is -2.08. The van der Waals surface area contributed by atoms with Crippen molar-refractivity contribution in [1.29, 1.82) is 0 Å². The molecule has 0 unspecified atom stereocenters. The van der Waals surface area contributed by atoms with E-state index in [9.17, 15) is 0 Å². The molecular formula is C16H20N2. The maximum absolute atomic E-state index is 5.92. The van der Waals surface area contributed by atoms with E-state index in [2.05, 4.69) is 31.2 Å². The van der Waals surface area contributed by atoms with Crippen LogP contribution < -0.4 is 11.5 Å². The van der Waals surface area contributed by atoms with E-state index < -0.39 is 0 Å². The number of anilines is 2. The minimum atomic E-state index is 0.852. The van der Waals surface area contributed by atoms with E-state index in [1.54, 1.807) is 0 Å². The molecule has 0 amide bonds. The number of rotatable bonds is 3. The summed E-state index contributed by atoms with van der Waals surface area (Å²) in [5.74, 6) is 0. The van der Waals surface area contributed by atoms with Crippen molar-refractivity contribution in [2.24, 2.45) is 0 Å². The first kappa shape index (κ1) is 12.5. The van der Waals surface area contributed by atoms with Crippen LogP contribution in [-0.4, -0.2) is 0 Å². The molecule has 0 aliphatic carbocycles. The van der Waals surface area contributed by atoms with Gasteiger partial charge in [-0.1, -0.05) is 31.2 Å². The van der Waals surface area contributed by atoms with Crippen molar-refractivity contribution in [3.63, 3.8) is 0 Å². The highest BCUT2D eigenvalue weighted by Gasteiger charge is 2.02. The monoisotopic (exact) mass is 240 g/mol. The fourth-order valence-corrected chi connectivity index (χ4v) is 2.16. The Labute approximate surface area is 109 Å². The molecule has 4 N–H and O–H groups in total. The molecule has 2 aromatic rings. The zero-order valence-corrected chi connectivity index (χ0v) is 11.0. The first-order valence-electron chi connectivity index (χ1n) is 6.32. The Hall–Kier alpha value is -1.96. The molecule has 18 heavy (non-hydrogen) atoms. The third-order valence-electron chi connectivity index (χ3n) is 3.33. The molecule has 0 atom stereocenters. The first-order valence-corrected chi connectivity index (χ1v) is 6.32. The van der Waals surface area contributed by atoms with E-state index >= 15 is 0 Å². The zero-order valence-electron chi connectivity index (χ0n) is 11.0. The molecule has 0 aliphatic heterocycles. The van der Waals surface area contributed by atoms with Gasteiger partial charge in [0.15, 0.2) is 0 Å². The number of hydrogen-bond donors (Lipinski definition) is 2. The second-order valence-corrected chi connectivity index (χ2v) is 4.75. The fourth-order valence-electron chi connectivity index (χ4n) is 2.16. The van der Waals surface area contributed by atoms with Gasteiger partial charge >= 0.3 is 0 Å². The van der Waals surface area contributed by atoms with Crippen molar-refractivity contribution in [2.45, 2.75) is 26.7 Å². The summed E-state index contributed by atoms with van der Waals surface area (Å²) < 4.78 is 0. The van der Waals surface area contributed by atoms with Gasteiger partial charge in [-0.05, 0) is 54.2 Å². The summed E-state index contributed by atoms with van der Waals surface area (Å²) in [6.45, 7) is 4.17. The second kappa shape index (κ2) is 5.13. The van der Waals surface area contributed by atoms with Crippen LogP contribution in [0.2, 0.25) is 0 Å². The van der Waals surface area contributed by atoms with Gasteiger partial charge in [0.05, 0.1) is 0 Å². The highest BCUT2D eigenvalue weighted by Crippen LogP contribution is 2.19. The third kappa shape index (κ3) is 2.65. The van der Waals surface area contributed by atoms with Gasteiger partial charge in [0, 0.05) is 11.4 Å². The predicted molar refractivity (Wildman–Crippen MR) is 78.6 cm³/mol. The third-order valence-corrected chi connectivity index (χ3v) is 3.33. The minimum absolute atomic E-state index is 0.852. The summed E-state index contributed by atoms with van der Waals surface area (Å²) in [5, 5.41) is 0. The van der Waals surface area contributed by atoms with E-state index in [4.69, 9.17) is 11.5 Å². The smallest absolute Gasteiger partial charge is 0.0346 e. The molecule has 0 bridgehead atoms. The van der Waals surface area contributed by atoms with Gasteiger partial charge in [-0.2, -0.15) is 0 Å². The largest absolute Gasteiger partial charge is 0.399 e. The quantitative estimate of drug-likeness (QED) is 0.809. The van der Waals surface area contributed by atoms with Crippen LogP contribution >= 0.6 is 0 Å². The van der Waals surface area contributed by atoms with Crippen molar-refractivity contribution in [3.8, 4) is 0 Å². The normalized spacial score (nSPS) is 10.6. The summed E-state index contributed by atoms with van der Waals surface area (Å²) in [6, 6.07) is 12.5. The van der Waals surface area contributed by atoms with Crippen molar-refractivity contribution in [3.05, 3.63) is 58.7 Å². The van der Waals surface area contributed by atoms with Gasteiger partial charge in [0.25, 0.3) is 0 Å².